The summed E-state index contributed by atoms with van der Waals surface area (Å²) in [6.07, 6.45) is 1.15. The molecule has 1 aromatic heterocycles. The Labute approximate surface area is 107 Å². The van der Waals surface area contributed by atoms with Crippen LogP contribution in [0.1, 0.15) is 22.8 Å². The fraction of sp³-hybridized carbons (Fsp3) is 0.231. The highest BCUT2D eigenvalue weighted by atomic mass is 19.2. The van der Waals surface area contributed by atoms with Crippen molar-refractivity contribution < 1.29 is 18.3 Å². The van der Waals surface area contributed by atoms with Crippen molar-refractivity contribution in [2.45, 2.75) is 13.8 Å². The van der Waals surface area contributed by atoms with Crippen LogP contribution >= 0.6 is 0 Å². The molecular weight excluding hydrogens is 256 g/mol. The lowest BCUT2D eigenvalue weighted by Crippen LogP contribution is -2.18. The second-order valence-corrected chi connectivity index (χ2v) is 3.97. The molecule has 19 heavy (non-hydrogen) atoms. The Kier molecular flexibility index (Phi) is 3.33. The van der Waals surface area contributed by atoms with Crippen LogP contribution in [0.5, 0.6) is 0 Å². The number of aromatic amines is 1. The molecule has 0 fully saturated rings. The third-order valence-corrected chi connectivity index (χ3v) is 2.80. The zero-order valence-electron chi connectivity index (χ0n) is 10.3. The SMILES string of the molecule is CCOC(=O)c1c[nH]c2c(C)c(F)c(F)cc2c1=O. The predicted molar refractivity (Wildman–Crippen MR) is 65.2 cm³/mol. The first-order valence-corrected chi connectivity index (χ1v) is 5.64. The Bertz CT molecular complexity index is 722. The Hall–Kier alpha value is -2.24. The quantitative estimate of drug-likeness (QED) is 0.849. The van der Waals surface area contributed by atoms with Crippen LogP contribution in [0, 0.1) is 18.6 Å². The average Bonchev–Trinajstić information content (AvgIpc) is 2.38. The number of nitrogens with one attached hydrogen (secondary N) is 1. The smallest absolute Gasteiger partial charge is 0.343 e. The van der Waals surface area contributed by atoms with Crippen molar-refractivity contribution in [3.63, 3.8) is 0 Å². The van der Waals surface area contributed by atoms with E-state index in [1.165, 1.54) is 6.92 Å². The van der Waals surface area contributed by atoms with Crippen LogP contribution in [-0.4, -0.2) is 17.6 Å². The van der Waals surface area contributed by atoms with Crippen LogP contribution in [0.3, 0.4) is 0 Å². The normalized spacial score (nSPS) is 10.7. The molecule has 6 heteroatoms. The molecule has 0 bridgehead atoms. The highest BCUT2D eigenvalue weighted by Crippen LogP contribution is 2.20. The monoisotopic (exact) mass is 267 g/mol. The van der Waals surface area contributed by atoms with Gasteiger partial charge in [0.1, 0.15) is 5.56 Å². The van der Waals surface area contributed by atoms with E-state index < -0.39 is 23.0 Å². The number of hydrogen-bond acceptors (Lipinski definition) is 3. The minimum absolute atomic E-state index is 0.0116. The number of benzene rings is 1. The third kappa shape index (κ3) is 2.09. The molecule has 0 aliphatic heterocycles. The molecule has 2 rings (SSSR count). The summed E-state index contributed by atoms with van der Waals surface area (Å²) < 4.78 is 31.4. The van der Waals surface area contributed by atoms with E-state index >= 15 is 0 Å². The first-order valence-electron chi connectivity index (χ1n) is 5.64. The van der Waals surface area contributed by atoms with Crippen molar-refractivity contribution in [2.24, 2.45) is 0 Å². The summed E-state index contributed by atoms with van der Waals surface area (Å²) in [6.45, 7) is 3.07. The van der Waals surface area contributed by atoms with Crippen LogP contribution in [0.15, 0.2) is 17.1 Å². The molecule has 2 aromatic rings. The van der Waals surface area contributed by atoms with E-state index in [4.69, 9.17) is 4.74 Å². The third-order valence-electron chi connectivity index (χ3n) is 2.80. The first kappa shape index (κ1) is 13.2. The summed E-state index contributed by atoms with van der Waals surface area (Å²) in [7, 11) is 0. The molecule has 0 amide bonds. The molecule has 0 saturated carbocycles. The number of aryl methyl sites for hydroxylation is 1. The number of rotatable bonds is 2. The fourth-order valence-corrected chi connectivity index (χ4v) is 1.83. The lowest BCUT2D eigenvalue weighted by Gasteiger charge is -2.06. The minimum atomic E-state index is -1.13. The minimum Gasteiger partial charge on any atom is -0.462 e. The summed E-state index contributed by atoms with van der Waals surface area (Å²) >= 11 is 0. The van der Waals surface area contributed by atoms with E-state index in [9.17, 15) is 18.4 Å². The largest absolute Gasteiger partial charge is 0.462 e. The fourth-order valence-electron chi connectivity index (χ4n) is 1.83. The standard InChI is InChI=1S/C13H11F2NO3/c1-3-19-13(18)8-5-16-11-6(2)10(15)9(14)4-7(11)12(8)17/h4-5H,3H2,1-2H3,(H,16,17). The predicted octanol–water partition coefficient (Wildman–Crippen LogP) is 2.29. The number of halogens is 2. The Balaban J connectivity index is 2.76. The van der Waals surface area contributed by atoms with E-state index in [0.29, 0.717) is 0 Å². The highest BCUT2D eigenvalue weighted by Gasteiger charge is 2.18. The number of esters is 1. The molecule has 1 N–H and O–H groups in total. The highest BCUT2D eigenvalue weighted by molar-refractivity contribution is 5.94. The summed E-state index contributed by atoms with van der Waals surface area (Å²) in [5, 5.41) is -0.0815. The number of carbonyl (C=O) groups excluding carboxylic acids is 1. The molecule has 0 spiro atoms. The van der Waals surface area contributed by atoms with E-state index in [1.54, 1.807) is 6.92 Å². The van der Waals surface area contributed by atoms with Crippen LogP contribution < -0.4 is 5.43 Å². The van der Waals surface area contributed by atoms with Gasteiger partial charge in [-0.05, 0) is 19.9 Å². The summed E-state index contributed by atoms with van der Waals surface area (Å²) in [5.41, 5.74) is -0.770. The van der Waals surface area contributed by atoms with Crippen LogP contribution in [-0.2, 0) is 4.74 Å². The maximum absolute atomic E-state index is 13.4. The number of H-pyrrole nitrogens is 1. The van der Waals surface area contributed by atoms with E-state index in [1.807, 2.05) is 0 Å². The van der Waals surface area contributed by atoms with E-state index in [0.717, 1.165) is 12.3 Å². The molecule has 0 unspecified atom stereocenters. The molecule has 0 saturated heterocycles. The molecule has 1 aromatic carbocycles. The number of pyridine rings is 1. The van der Waals surface area contributed by atoms with Gasteiger partial charge in [0.15, 0.2) is 11.6 Å². The lowest BCUT2D eigenvalue weighted by atomic mass is 10.1. The lowest BCUT2D eigenvalue weighted by molar-refractivity contribution is 0.0524. The maximum Gasteiger partial charge on any atom is 0.343 e. The van der Waals surface area contributed by atoms with Crippen molar-refractivity contribution in [3.8, 4) is 0 Å². The molecule has 0 aliphatic rings. The zero-order valence-corrected chi connectivity index (χ0v) is 10.3. The number of ether oxygens (including phenoxy) is 1. The zero-order chi connectivity index (χ0) is 14.2. The van der Waals surface area contributed by atoms with Crippen LogP contribution in [0.25, 0.3) is 10.9 Å². The second kappa shape index (κ2) is 4.79. The molecule has 0 radical (unpaired) electrons. The van der Waals surface area contributed by atoms with Crippen molar-refractivity contribution in [1.29, 1.82) is 0 Å². The number of hydrogen-bond donors (Lipinski definition) is 1. The van der Waals surface area contributed by atoms with Gasteiger partial charge in [0.05, 0.1) is 12.1 Å². The van der Waals surface area contributed by atoms with Gasteiger partial charge < -0.3 is 9.72 Å². The van der Waals surface area contributed by atoms with Crippen molar-refractivity contribution >= 4 is 16.9 Å². The first-order chi connectivity index (χ1) is 8.97. The Morgan fingerprint density at radius 2 is 2.11 bits per heavy atom. The Morgan fingerprint density at radius 3 is 2.74 bits per heavy atom. The van der Waals surface area contributed by atoms with Crippen molar-refractivity contribution in [1.82, 2.24) is 4.98 Å². The van der Waals surface area contributed by atoms with Crippen LogP contribution in [0.4, 0.5) is 8.78 Å². The number of aromatic nitrogens is 1. The molecule has 4 nitrogen and oxygen atoms in total. The summed E-state index contributed by atoms with van der Waals surface area (Å²) in [4.78, 5) is 26.2. The molecule has 0 atom stereocenters. The van der Waals surface area contributed by atoms with E-state index in [2.05, 4.69) is 4.98 Å². The van der Waals surface area contributed by atoms with Crippen LogP contribution in [0.2, 0.25) is 0 Å². The molecule has 0 aliphatic carbocycles. The van der Waals surface area contributed by atoms with Gasteiger partial charge >= 0.3 is 5.97 Å². The van der Waals surface area contributed by atoms with Gasteiger partial charge in [-0.3, -0.25) is 4.79 Å². The summed E-state index contributed by atoms with van der Waals surface area (Å²) in [5.74, 6) is -2.95. The van der Waals surface area contributed by atoms with E-state index in [-0.39, 0.29) is 28.6 Å². The molecule has 1 heterocycles. The summed E-state index contributed by atoms with van der Waals surface area (Å²) in [6, 6.07) is 0.777. The second-order valence-electron chi connectivity index (χ2n) is 3.97. The van der Waals surface area contributed by atoms with Gasteiger partial charge in [-0.2, -0.15) is 0 Å². The van der Waals surface area contributed by atoms with Gasteiger partial charge in [-0.15, -0.1) is 0 Å². The average molecular weight is 267 g/mol. The van der Waals surface area contributed by atoms with Gasteiger partial charge in [0.25, 0.3) is 0 Å². The molecule has 100 valence electrons. The van der Waals surface area contributed by atoms with Crippen molar-refractivity contribution in [3.05, 3.63) is 45.2 Å². The van der Waals surface area contributed by atoms with Gasteiger partial charge in [0, 0.05) is 17.1 Å². The van der Waals surface area contributed by atoms with Gasteiger partial charge in [0.2, 0.25) is 5.43 Å². The maximum atomic E-state index is 13.4. The van der Waals surface area contributed by atoms with Gasteiger partial charge in [-0.25, -0.2) is 13.6 Å². The van der Waals surface area contributed by atoms with Crippen molar-refractivity contribution in [2.75, 3.05) is 6.61 Å². The number of fused-ring (bicyclic) bond motifs is 1. The van der Waals surface area contributed by atoms with Gasteiger partial charge in [-0.1, -0.05) is 0 Å². The Morgan fingerprint density at radius 1 is 1.42 bits per heavy atom. The number of carbonyl (C=O) groups is 1. The molecular formula is C13H11F2NO3. The topological polar surface area (TPSA) is 59.2 Å².